The number of nitrogens with one attached hydrogen (secondary N) is 1. The molecule has 0 unspecified atom stereocenters. The number of sulfonamides is 1. The average Bonchev–Trinajstić information content (AvgIpc) is 2.37. The normalized spacial score (nSPS) is 10.8. The average molecular weight is 317 g/mol. The van der Waals surface area contributed by atoms with E-state index < -0.39 is 27.7 Å². The molecule has 0 heterocycles. The van der Waals surface area contributed by atoms with E-state index in [1.807, 2.05) is 4.72 Å². The van der Waals surface area contributed by atoms with Crippen LogP contribution in [0.3, 0.4) is 0 Å². The molecule has 1 aromatic rings. The van der Waals surface area contributed by atoms with Crippen LogP contribution in [0.5, 0.6) is 5.75 Å². The van der Waals surface area contributed by atoms with E-state index >= 15 is 0 Å². The van der Waals surface area contributed by atoms with Gasteiger partial charge in [0.25, 0.3) is 0 Å². The van der Waals surface area contributed by atoms with Crippen molar-refractivity contribution in [2.45, 2.75) is 6.92 Å². The number of benzene rings is 1. The lowest BCUT2D eigenvalue weighted by Gasteiger charge is -2.11. The molecule has 0 aromatic heterocycles. The molecular weight excluding hydrogens is 302 g/mol. The maximum Gasteiger partial charge on any atom is 0.337 e. The lowest BCUT2D eigenvalue weighted by Crippen LogP contribution is -2.25. The van der Waals surface area contributed by atoms with E-state index in [0.717, 1.165) is 0 Å². The molecule has 8 nitrogen and oxygen atoms in total. The van der Waals surface area contributed by atoms with E-state index in [1.165, 1.54) is 25.3 Å². The second kappa shape index (κ2) is 6.93. The number of carbonyl (C=O) groups excluding carboxylic acids is 1. The Morgan fingerprint density at radius 1 is 1.33 bits per heavy atom. The number of esters is 1. The number of rotatable bonds is 7. The highest BCUT2D eigenvalue weighted by molar-refractivity contribution is 7.93. The fourth-order valence-corrected chi connectivity index (χ4v) is 2.45. The number of hydrogen-bond acceptors (Lipinski definition) is 6. The predicted molar refractivity (Wildman–Crippen MR) is 74.0 cm³/mol. The summed E-state index contributed by atoms with van der Waals surface area (Å²) in [5.41, 5.74) is -0.450. The molecule has 0 fully saturated rings. The van der Waals surface area contributed by atoms with Crippen LogP contribution in [0, 0.1) is 0 Å². The first kappa shape index (κ1) is 16.8. The smallest absolute Gasteiger partial charge is 0.337 e. The molecule has 0 aliphatic carbocycles. The zero-order valence-corrected chi connectivity index (χ0v) is 12.3. The third kappa shape index (κ3) is 4.95. The Bertz CT molecular complexity index is 639. The molecule has 0 saturated heterocycles. The summed E-state index contributed by atoms with van der Waals surface area (Å²) in [5, 5.41) is 9.02. The van der Waals surface area contributed by atoms with Crippen molar-refractivity contribution >= 4 is 27.6 Å². The first-order valence-electron chi connectivity index (χ1n) is 5.86. The van der Waals surface area contributed by atoms with Crippen LogP contribution >= 0.6 is 0 Å². The third-order valence-electron chi connectivity index (χ3n) is 2.34. The second-order valence-corrected chi connectivity index (χ2v) is 5.61. The molecule has 1 rings (SSSR count). The summed E-state index contributed by atoms with van der Waals surface area (Å²) < 4.78 is 35.1. The molecule has 1 aromatic carbocycles. The molecule has 0 amide bonds. The Balaban J connectivity index is 3.05. The lowest BCUT2D eigenvalue weighted by atomic mass is 10.2. The van der Waals surface area contributed by atoms with Crippen molar-refractivity contribution in [1.29, 1.82) is 0 Å². The van der Waals surface area contributed by atoms with Gasteiger partial charge in [0.1, 0.15) is 5.75 Å². The van der Waals surface area contributed by atoms with Crippen LogP contribution in [0.15, 0.2) is 18.2 Å². The number of carboxylic acids is 1. The van der Waals surface area contributed by atoms with E-state index in [0.29, 0.717) is 0 Å². The minimum atomic E-state index is -4.08. The summed E-state index contributed by atoms with van der Waals surface area (Å²) in [7, 11) is -2.73. The number of anilines is 1. The molecule has 0 saturated carbocycles. The highest BCUT2D eigenvalue weighted by Gasteiger charge is 2.21. The van der Waals surface area contributed by atoms with E-state index in [-0.39, 0.29) is 23.6 Å². The van der Waals surface area contributed by atoms with Crippen molar-refractivity contribution in [2.24, 2.45) is 0 Å². The Morgan fingerprint density at radius 3 is 2.52 bits per heavy atom. The van der Waals surface area contributed by atoms with Gasteiger partial charge in [-0.25, -0.2) is 13.2 Å². The van der Waals surface area contributed by atoms with Gasteiger partial charge >= 0.3 is 11.9 Å². The van der Waals surface area contributed by atoms with Crippen LogP contribution in [0.25, 0.3) is 0 Å². The minimum absolute atomic E-state index is 0.0495. The minimum Gasteiger partial charge on any atom is -0.497 e. The maximum atomic E-state index is 11.8. The molecule has 0 bridgehead atoms. The Hall–Kier alpha value is -2.29. The van der Waals surface area contributed by atoms with Crippen molar-refractivity contribution in [3.05, 3.63) is 23.8 Å². The van der Waals surface area contributed by atoms with Crippen molar-refractivity contribution < 1.29 is 32.6 Å². The SMILES string of the molecule is CCOC(=O)CS(=O)(=O)Nc1cc(OC)ccc1C(=O)O. The lowest BCUT2D eigenvalue weighted by molar-refractivity contribution is -0.139. The highest BCUT2D eigenvalue weighted by atomic mass is 32.2. The van der Waals surface area contributed by atoms with Crippen molar-refractivity contribution in [2.75, 3.05) is 24.2 Å². The molecule has 9 heteroatoms. The van der Waals surface area contributed by atoms with E-state index in [2.05, 4.69) is 4.74 Å². The zero-order chi connectivity index (χ0) is 16.0. The Labute approximate surface area is 121 Å². The second-order valence-electron chi connectivity index (χ2n) is 3.88. The number of methoxy groups -OCH3 is 1. The summed E-state index contributed by atoms with van der Waals surface area (Å²) in [6.07, 6.45) is 0. The van der Waals surface area contributed by atoms with E-state index in [4.69, 9.17) is 9.84 Å². The maximum absolute atomic E-state index is 11.8. The highest BCUT2D eigenvalue weighted by Crippen LogP contribution is 2.23. The number of aromatic carboxylic acids is 1. The van der Waals surface area contributed by atoms with Crippen LogP contribution in [0.1, 0.15) is 17.3 Å². The van der Waals surface area contributed by atoms with E-state index in [1.54, 1.807) is 6.92 Å². The summed E-state index contributed by atoms with van der Waals surface area (Å²) in [5.74, 6) is -2.87. The fraction of sp³-hybridized carbons (Fsp3) is 0.333. The Morgan fingerprint density at radius 2 is 2.00 bits per heavy atom. The molecule has 0 spiro atoms. The molecule has 116 valence electrons. The molecule has 21 heavy (non-hydrogen) atoms. The standard InChI is InChI=1S/C12H15NO7S/c1-3-20-11(14)7-21(17,18)13-10-6-8(19-2)4-5-9(10)12(15)16/h4-6,13H,3,7H2,1-2H3,(H,15,16). The van der Waals surface area contributed by atoms with Crippen molar-refractivity contribution in [1.82, 2.24) is 0 Å². The van der Waals surface area contributed by atoms with Gasteiger partial charge in [-0.15, -0.1) is 0 Å². The zero-order valence-electron chi connectivity index (χ0n) is 11.5. The largest absolute Gasteiger partial charge is 0.497 e. The summed E-state index contributed by atoms with van der Waals surface area (Å²) in [6.45, 7) is 1.59. The van der Waals surface area contributed by atoms with E-state index in [9.17, 15) is 18.0 Å². The molecule has 0 aliphatic rings. The van der Waals surface area contributed by atoms with Crippen LogP contribution < -0.4 is 9.46 Å². The summed E-state index contributed by atoms with van der Waals surface area (Å²) in [4.78, 5) is 22.3. The summed E-state index contributed by atoms with van der Waals surface area (Å²) >= 11 is 0. The van der Waals surface area contributed by atoms with Crippen molar-refractivity contribution in [3.63, 3.8) is 0 Å². The van der Waals surface area contributed by atoms with Crippen LogP contribution in [-0.2, 0) is 19.6 Å². The summed E-state index contributed by atoms with van der Waals surface area (Å²) in [6, 6.07) is 3.79. The molecule has 2 N–H and O–H groups in total. The molecule has 0 aliphatic heterocycles. The number of hydrogen-bond donors (Lipinski definition) is 2. The molecule has 0 atom stereocenters. The number of ether oxygens (including phenoxy) is 2. The van der Waals surface area contributed by atoms with Gasteiger partial charge in [0, 0.05) is 6.07 Å². The topological polar surface area (TPSA) is 119 Å². The molecule has 0 radical (unpaired) electrons. The van der Waals surface area contributed by atoms with Gasteiger partial charge in [-0.3, -0.25) is 9.52 Å². The van der Waals surface area contributed by atoms with Crippen molar-refractivity contribution in [3.8, 4) is 5.75 Å². The number of carbonyl (C=O) groups is 2. The fourth-order valence-electron chi connectivity index (χ4n) is 1.48. The van der Waals surface area contributed by atoms with Crippen LogP contribution in [0.2, 0.25) is 0 Å². The van der Waals surface area contributed by atoms with Gasteiger partial charge in [0.2, 0.25) is 10.0 Å². The van der Waals surface area contributed by atoms with Gasteiger partial charge in [-0.05, 0) is 19.1 Å². The van der Waals surface area contributed by atoms with Gasteiger partial charge in [0.05, 0.1) is 25.0 Å². The van der Waals surface area contributed by atoms with Gasteiger partial charge < -0.3 is 14.6 Å². The third-order valence-corrected chi connectivity index (χ3v) is 3.48. The van der Waals surface area contributed by atoms with Gasteiger partial charge in [-0.1, -0.05) is 0 Å². The monoisotopic (exact) mass is 317 g/mol. The Kier molecular flexibility index (Phi) is 5.53. The first-order valence-corrected chi connectivity index (χ1v) is 7.51. The quantitative estimate of drug-likeness (QED) is 0.710. The first-order chi connectivity index (χ1) is 9.79. The van der Waals surface area contributed by atoms with Crippen LogP contribution in [-0.4, -0.2) is 44.9 Å². The predicted octanol–water partition coefficient (Wildman–Crippen LogP) is 0.698. The van der Waals surface area contributed by atoms with Crippen LogP contribution in [0.4, 0.5) is 5.69 Å². The van der Waals surface area contributed by atoms with Gasteiger partial charge in [-0.2, -0.15) is 0 Å². The molecular formula is C12H15NO7S. The van der Waals surface area contributed by atoms with Gasteiger partial charge in [0.15, 0.2) is 5.75 Å². The number of carboxylic acid groups (broad SMARTS) is 1.